The highest BCUT2D eigenvalue weighted by atomic mass is 14.6. The van der Waals surface area contributed by atoms with Crippen molar-refractivity contribution < 1.29 is 0 Å². The molecule has 0 radical (unpaired) electrons. The molecular weight excluding hydrogens is 158 g/mol. The van der Waals surface area contributed by atoms with Crippen LogP contribution in [0.5, 0.6) is 0 Å². The molecule has 1 aliphatic rings. The van der Waals surface area contributed by atoms with E-state index in [-0.39, 0.29) is 0 Å². The second kappa shape index (κ2) is 5.34. The minimum absolute atomic E-state index is 0.984. The molecule has 0 atom stereocenters. The van der Waals surface area contributed by atoms with E-state index in [9.17, 15) is 0 Å². The van der Waals surface area contributed by atoms with Crippen molar-refractivity contribution in [3.05, 3.63) is 36.0 Å². The molecule has 0 amide bonds. The van der Waals surface area contributed by atoms with Crippen molar-refractivity contribution in [1.82, 2.24) is 4.67 Å². The number of nitrogens with zero attached hydrogens (tertiary/aromatic N) is 1. The topological polar surface area (TPSA) is 14.1 Å². The third kappa shape index (κ3) is 3.27. The smallest absolute Gasteiger partial charge is 0.0973 e. The molecular formula is C12H16N+. The summed E-state index contributed by atoms with van der Waals surface area (Å²) in [4.78, 5) is 0. The van der Waals surface area contributed by atoms with Crippen molar-refractivity contribution >= 4 is 11.9 Å². The van der Waals surface area contributed by atoms with Crippen LogP contribution in [0.4, 0.5) is 0 Å². The predicted octanol–water partition coefficient (Wildman–Crippen LogP) is 2.44. The average molecular weight is 174 g/mol. The summed E-state index contributed by atoms with van der Waals surface area (Å²) in [6, 6.07) is 0. The molecule has 68 valence electrons. The highest BCUT2D eigenvalue weighted by Gasteiger charge is 2.01. The number of rotatable bonds is 2. The van der Waals surface area contributed by atoms with Crippen LogP contribution < -0.4 is 4.67 Å². The standard InChI is InChI=1S/C12H16N/c1-3-11-8-6-5-7-9-12(4-2)13-10-11/h5-10H,3-4H2,1-2H3/q+1. The van der Waals surface area contributed by atoms with Crippen molar-refractivity contribution in [3.63, 3.8) is 0 Å². The lowest BCUT2D eigenvalue weighted by molar-refractivity contribution is 1.18. The largest absolute Gasteiger partial charge is 0.303 e. The van der Waals surface area contributed by atoms with Gasteiger partial charge in [0, 0.05) is 18.1 Å². The number of allylic oxidation sites excluding steroid dienone is 6. The maximum Gasteiger partial charge on any atom is 0.303 e. The van der Waals surface area contributed by atoms with Gasteiger partial charge in [-0.25, -0.2) is 0 Å². The summed E-state index contributed by atoms with van der Waals surface area (Å²) < 4.78 is 4.41. The minimum atomic E-state index is 0.984. The molecule has 0 spiro atoms. The first-order valence-corrected chi connectivity index (χ1v) is 4.80. The summed E-state index contributed by atoms with van der Waals surface area (Å²) in [5, 5.41) is 0. The van der Waals surface area contributed by atoms with Gasteiger partial charge in [0.05, 0.1) is 0 Å². The Balaban J connectivity index is 3.00. The van der Waals surface area contributed by atoms with Crippen molar-refractivity contribution in [2.24, 2.45) is 0 Å². The van der Waals surface area contributed by atoms with E-state index in [1.807, 2.05) is 18.4 Å². The van der Waals surface area contributed by atoms with Crippen molar-refractivity contribution in [1.29, 1.82) is 0 Å². The highest BCUT2D eigenvalue weighted by molar-refractivity contribution is 5.97. The fraction of sp³-hybridized carbons (Fsp3) is 0.333. The Bertz CT molecular complexity index is 310. The normalized spacial score (nSPS) is 15.8. The molecule has 0 saturated heterocycles. The summed E-state index contributed by atoms with van der Waals surface area (Å²) >= 11 is 0. The van der Waals surface area contributed by atoms with Crippen LogP contribution in [-0.2, 0) is 0 Å². The van der Waals surface area contributed by atoms with Crippen molar-refractivity contribution in [3.8, 4) is 0 Å². The third-order valence-electron chi connectivity index (χ3n) is 1.99. The SMILES string of the molecule is CCC1=CC=CC=CC(CC)=[N+]=C1. The first kappa shape index (κ1) is 9.76. The van der Waals surface area contributed by atoms with E-state index < -0.39 is 0 Å². The van der Waals surface area contributed by atoms with E-state index in [1.165, 1.54) is 5.57 Å². The van der Waals surface area contributed by atoms with E-state index in [1.54, 1.807) is 0 Å². The lowest BCUT2D eigenvalue weighted by atomic mass is 10.2. The van der Waals surface area contributed by atoms with Gasteiger partial charge in [-0.1, -0.05) is 42.8 Å². The first-order chi connectivity index (χ1) is 6.36. The van der Waals surface area contributed by atoms with E-state index in [2.05, 4.69) is 36.7 Å². The Kier molecular flexibility index (Phi) is 4.01. The second-order valence-corrected chi connectivity index (χ2v) is 2.94. The molecule has 0 unspecified atom stereocenters. The summed E-state index contributed by atoms with van der Waals surface area (Å²) in [7, 11) is 0. The molecule has 0 bridgehead atoms. The molecule has 0 N–H and O–H groups in total. The van der Waals surface area contributed by atoms with E-state index in [0.29, 0.717) is 0 Å². The van der Waals surface area contributed by atoms with Crippen molar-refractivity contribution in [2.75, 3.05) is 0 Å². The second-order valence-electron chi connectivity index (χ2n) is 2.94. The summed E-state index contributed by atoms with van der Waals surface area (Å²) in [6.07, 6.45) is 14.3. The molecule has 0 aliphatic carbocycles. The summed E-state index contributed by atoms with van der Waals surface area (Å²) in [5.41, 5.74) is 2.40. The zero-order chi connectivity index (χ0) is 9.52. The molecule has 13 heavy (non-hydrogen) atoms. The van der Waals surface area contributed by atoms with Crippen LogP contribution in [0, 0.1) is 0 Å². The molecule has 1 rings (SSSR count). The molecule has 1 heterocycles. The van der Waals surface area contributed by atoms with Crippen LogP contribution in [0.25, 0.3) is 0 Å². The van der Waals surface area contributed by atoms with Crippen LogP contribution >= 0.6 is 0 Å². The minimum Gasteiger partial charge on any atom is -0.0973 e. The zero-order valence-electron chi connectivity index (χ0n) is 8.33. The highest BCUT2D eigenvalue weighted by Crippen LogP contribution is 1.97. The third-order valence-corrected chi connectivity index (χ3v) is 1.99. The van der Waals surface area contributed by atoms with Crippen molar-refractivity contribution in [2.45, 2.75) is 26.7 Å². The molecule has 0 aromatic heterocycles. The Hall–Kier alpha value is -1.33. The first-order valence-electron chi connectivity index (χ1n) is 4.80. The van der Waals surface area contributed by atoms with Gasteiger partial charge < -0.3 is 0 Å². The maximum atomic E-state index is 4.41. The van der Waals surface area contributed by atoms with Gasteiger partial charge >= 0.3 is 5.71 Å². The Morgan fingerprint density at radius 3 is 2.62 bits per heavy atom. The van der Waals surface area contributed by atoms with Gasteiger partial charge in [0.15, 0.2) is 0 Å². The van der Waals surface area contributed by atoms with E-state index in [0.717, 1.165) is 18.6 Å². The monoisotopic (exact) mass is 174 g/mol. The van der Waals surface area contributed by atoms with Gasteiger partial charge in [-0.15, -0.1) is 0 Å². The molecule has 1 nitrogen and oxygen atoms in total. The Morgan fingerprint density at radius 1 is 1.08 bits per heavy atom. The predicted molar refractivity (Wildman–Crippen MR) is 60.2 cm³/mol. The van der Waals surface area contributed by atoms with Crippen LogP contribution in [0.1, 0.15) is 26.7 Å². The molecule has 1 heteroatoms. The molecule has 0 aromatic carbocycles. The average Bonchev–Trinajstić information content (AvgIpc) is 2.28. The molecule has 0 saturated carbocycles. The molecule has 1 aliphatic heterocycles. The number of hydrogen-bond acceptors (Lipinski definition) is 0. The summed E-state index contributed by atoms with van der Waals surface area (Å²) in [5.74, 6) is 0. The quantitative estimate of drug-likeness (QED) is 0.571. The van der Waals surface area contributed by atoms with Crippen LogP contribution in [0.2, 0.25) is 0 Å². The Morgan fingerprint density at radius 2 is 1.92 bits per heavy atom. The molecule has 0 fully saturated rings. The fourth-order valence-electron chi connectivity index (χ4n) is 1.08. The Labute approximate surface area is 79.9 Å². The van der Waals surface area contributed by atoms with Gasteiger partial charge in [0.2, 0.25) is 0 Å². The summed E-state index contributed by atoms with van der Waals surface area (Å²) in [6.45, 7) is 4.26. The lowest BCUT2D eigenvalue weighted by Gasteiger charge is -1.83. The van der Waals surface area contributed by atoms with E-state index >= 15 is 0 Å². The van der Waals surface area contributed by atoms with Gasteiger partial charge in [-0.2, -0.15) is 0 Å². The van der Waals surface area contributed by atoms with Crippen LogP contribution in [0.3, 0.4) is 0 Å². The van der Waals surface area contributed by atoms with E-state index in [4.69, 9.17) is 0 Å². The molecule has 0 aromatic rings. The van der Waals surface area contributed by atoms with Crippen LogP contribution in [-0.4, -0.2) is 11.9 Å². The fourth-order valence-corrected chi connectivity index (χ4v) is 1.08. The maximum absolute atomic E-state index is 4.41. The van der Waals surface area contributed by atoms with Crippen LogP contribution in [0.15, 0.2) is 36.0 Å². The van der Waals surface area contributed by atoms with Gasteiger partial charge in [-0.3, -0.25) is 0 Å². The van der Waals surface area contributed by atoms with Gasteiger partial charge in [-0.05, 0) is 6.42 Å². The zero-order valence-corrected chi connectivity index (χ0v) is 8.33. The van der Waals surface area contributed by atoms with Gasteiger partial charge in [0.25, 0.3) is 6.21 Å². The van der Waals surface area contributed by atoms with Gasteiger partial charge in [0.1, 0.15) is 0 Å². The lowest BCUT2D eigenvalue weighted by Crippen LogP contribution is -1.97. The number of hydrogen-bond donors (Lipinski definition) is 0.